The van der Waals surface area contributed by atoms with E-state index in [0.29, 0.717) is 34.6 Å². The van der Waals surface area contributed by atoms with Crippen molar-refractivity contribution in [3.8, 4) is 5.75 Å². The van der Waals surface area contributed by atoms with Gasteiger partial charge >= 0.3 is 0 Å². The van der Waals surface area contributed by atoms with Crippen molar-refractivity contribution in [1.29, 1.82) is 0 Å². The second-order valence-corrected chi connectivity index (χ2v) is 7.09. The second-order valence-electron chi connectivity index (χ2n) is 7.09. The first-order valence-corrected chi connectivity index (χ1v) is 9.79. The van der Waals surface area contributed by atoms with Crippen molar-refractivity contribution in [2.75, 3.05) is 6.61 Å². The summed E-state index contributed by atoms with van der Waals surface area (Å²) in [6.07, 6.45) is 1.56. The Morgan fingerprint density at radius 1 is 1.03 bits per heavy atom. The molecule has 2 aromatic carbocycles. The van der Waals surface area contributed by atoms with E-state index in [2.05, 4.69) is 0 Å². The van der Waals surface area contributed by atoms with E-state index < -0.39 is 6.04 Å². The standard InChI is InChI=1S/C24H19NO5/c1-2-28-16-10-11-18-19(13-16)30-23-20(22(18)26)21(15-7-4-3-5-8-15)25(24(23)27)14-17-9-6-12-29-17/h3-13,21H,2,14H2,1H3/t21-/m1/s1. The van der Waals surface area contributed by atoms with Crippen LogP contribution in [0.4, 0.5) is 0 Å². The van der Waals surface area contributed by atoms with Crippen LogP contribution in [0, 0.1) is 0 Å². The molecule has 3 heterocycles. The number of nitrogens with zero attached hydrogens (tertiary/aromatic N) is 1. The average molecular weight is 401 g/mol. The molecule has 0 N–H and O–H groups in total. The highest BCUT2D eigenvalue weighted by Gasteiger charge is 2.43. The predicted octanol–water partition coefficient (Wildman–Crippen LogP) is 4.53. The number of carbonyl (C=O) groups excluding carboxylic acids is 1. The van der Waals surface area contributed by atoms with E-state index in [0.717, 1.165) is 5.56 Å². The smallest absolute Gasteiger partial charge is 0.291 e. The molecule has 4 aromatic rings. The predicted molar refractivity (Wildman–Crippen MR) is 111 cm³/mol. The lowest BCUT2D eigenvalue weighted by atomic mass is 9.98. The maximum Gasteiger partial charge on any atom is 0.291 e. The van der Waals surface area contributed by atoms with Crippen LogP contribution in [0.2, 0.25) is 0 Å². The molecule has 0 aliphatic carbocycles. The van der Waals surface area contributed by atoms with Crippen LogP contribution in [0.15, 0.2) is 80.6 Å². The molecule has 5 rings (SSSR count). The highest BCUT2D eigenvalue weighted by atomic mass is 16.5. The highest BCUT2D eigenvalue weighted by molar-refractivity contribution is 5.99. The number of hydrogen-bond donors (Lipinski definition) is 0. The molecule has 150 valence electrons. The Kier molecular flexibility index (Phi) is 4.39. The Balaban J connectivity index is 1.71. The van der Waals surface area contributed by atoms with Crippen LogP contribution in [0.25, 0.3) is 11.0 Å². The van der Waals surface area contributed by atoms with Crippen molar-refractivity contribution >= 4 is 16.9 Å². The van der Waals surface area contributed by atoms with E-state index in [4.69, 9.17) is 13.6 Å². The Labute approximate surface area is 172 Å². The number of furan rings is 1. The van der Waals surface area contributed by atoms with Crippen LogP contribution < -0.4 is 10.2 Å². The molecule has 0 saturated carbocycles. The molecule has 0 radical (unpaired) electrons. The van der Waals surface area contributed by atoms with Crippen LogP contribution in [0.1, 0.15) is 40.4 Å². The van der Waals surface area contributed by atoms with Gasteiger partial charge in [0.05, 0.1) is 36.4 Å². The zero-order valence-electron chi connectivity index (χ0n) is 16.3. The molecule has 1 amide bonds. The summed E-state index contributed by atoms with van der Waals surface area (Å²) in [6.45, 7) is 2.60. The summed E-state index contributed by atoms with van der Waals surface area (Å²) >= 11 is 0. The number of fused-ring (bicyclic) bond motifs is 2. The third-order valence-electron chi connectivity index (χ3n) is 5.27. The van der Waals surface area contributed by atoms with E-state index in [1.807, 2.05) is 37.3 Å². The first-order chi connectivity index (χ1) is 14.7. The number of ether oxygens (including phenoxy) is 1. The van der Waals surface area contributed by atoms with Crippen molar-refractivity contribution in [3.63, 3.8) is 0 Å². The molecule has 0 unspecified atom stereocenters. The van der Waals surface area contributed by atoms with Gasteiger partial charge in [0.25, 0.3) is 5.91 Å². The first-order valence-electron chi connectivity index (χ1n) is 9.79. The molecule has 1 aliphatic rings. The fraction of sp³-hybridized carbons (Fsp3) is 0.167. The molecule has 6 heteroatoms. The first kappa shape index (κ1) is 18.2. The zero-order valence-corrected chi connectivity index (χ0v) is 16.3. The van der Waals surface area contributed by atoms with Gasteiger partial charge < -0.3 is 18.5 Å². The fourth-order valence-electron chi connectivity index (χ4n) is 3.97. The SMILES string of the molecule is CCOc1ccc2c(=O)c3c(oc2c1)C(=O)N(Cc1ccco1)[C@@H]3c1ccccc1. The number of hydrogen-bond acceptors (Lipinski definition) is 5. The molecule has 1 atom stereocenters. The van der Waals surface area contributed by atoms with Crippen molar-refractivity contribution < 1.29 is 18.4 Å². The summed E-state index contributed by atoms with van der Waals surface area (Å²) in [6, 6.07) is 17.6. The zero-order chi connectivity index (χ0) is 20.7. The molecule has 0 saturated heterocycles. The van der Waals surface area contributed by atoms with Crippen molar-refractivity contribution in [1.82, 2.24) is 4.90 Å². The van der Waals surface area contributed by atoms with Crippen LogP contribution in [0.3, 0.4) is 0 Å². The molecule has 0 bridgehead atoms. The largest absolute Gasteiger partial charge is 0.494 e. The Morgan fingerprint density at radius 2 is 1.87 bits per heavy atom. The van der Waals surface area contributed by atoms with E-state index in [1.165, 1.54) is 0 Å². The molecular weight excluding hydrogens is 382 g/mol. The lowest BCUT2D eigenvalue weighted by molar-refractivity contribution is 0.0701. The van der Waals surface area contributed by atoms with Gasteiger partial charge in [-0.25, -0.2) is 0 Å². The molecule has 6 nitrogen and oxygen atoms in total. The topological polar surface area (TPSA) is 72.9 Å². The summed E-state index contributed by atoms with van der Waals surface area (Å²) in [7, 11) is 0. The number of carbonyl (C=O) groups is 1. The third kappa shape index (κ3) is 2.88. The van der Waals surface area contributed by atoms with Gasteiger partial charge in [-0.1, -0.05) is 30.3 Å². The maximum absolute atomic E-state index is 13.5. The molecule has 0 spiro atoms. The summed E-state index contributed by atoms with van der Waals surface area (Å²) in [5.41, 5.74) is 1.33. The Morgan fingerprint density at radius 3 is 2.60 bits per heavy atom. The summed E-state index contributed by atoms with van der Waals surface area (Å²) in [4.78, 5) is 28.4. The maximum atomic E-state index is 13.5. The molecule has 2 aromatic heterocycles. The van der Waals surface area contributed by atoms with Gasteiger partial charge in [0.1, 0.15) is 17.1 Å². The van der Waals surface area contributed by atoms with Gasteiger partial charge in [-0.15, -0.1) is 0 Å². The van der Waals surface area contributed by atoms with Gasteiger partial charge in [0.15, 0.2) is 5.43 Å². The number of benzene rings is 2. The highest BCUT2D eigenvalue weighted by Crippen LogP contribution is 2.39. The summed E-state index contributed by atoms with van der Waals surface area (Å²) in [5, 5.41) is 0.422. The normalized spacial score (nSPS) is 15.6. The van der Waals surface area contributed by atoms with Crippen LogP contribution in [0.5, 0.6) is 5.75 Å². The van der Waals surface area contributed by atoms with Crippen LogP contribution in [-0.4, -0.2) is 17.4 Å². The van der Waals surface area contributed by atoms with E-state index in [9.17, 15) is 9.59 Å². The molecule has 30 heavy (non-hydrogen) atoms. The third-order valence-corrected chi connectivity index (χ3v) is 5.27. The molecule has 0 fully saturated rings. The molecule has 1 aliphatic heterocycles. The lowest BCUT2D eigenvalue weighted by Gasteiger charge is -2.24. The van der Waals surface area contributed by atoms with E-state index in [-0.39, 0.29) is 23.6 Å². The van der Waals surface area contributed by atoms with E-state index in [1.54, 1.807) is 41.5 Å². The van der Waals surface area contributed by atoms with Crippen LogP contribution in [-0.2, 0) is 6.54 Å². The van der Waals surface area contributed by atoms with E-state index >= 15 is 0 Å². The minimum atomic E-state index is -0.550. The van der Waals surface area contributed by atoms with Gasteiger partial charge in [-0.2, -0.15) is 0 Å². The van der Waals surface area contributed by atoms with Gasteiger partial charge in [-0.05, 0) is 36.8 Å². The quantitative estimate of drug-likeness (QED) is 0.491. The number of amides is 1. The van der Waals surface area contributed by atoms with Gasteiger partial charge in [0, 0.05) is 6.07 Å². The molecular formula is C24H19NO5. The van der Waals surface area contributed by atoms with Crippen LogP contribution >= 0.6 is 0 Å². The summed E-state index contributed by atoms with van der Waals surface area (Å²) in [5.74, 6) is 0.955. The second kappa shape index (κ2) is 7.22. The monoisotopic (exact) mass is 401 g/mol. The Hall–Kier alpha value is -3.80. The fourth-order valence-corrected chi connectivity index (χ4v) is 3.97. The van der Waals surface area contributed by atoms with Crippen molar-refractivity contribution in [3.05, 3.63) is 99.8 Å². The average Bonchev–Trinajstić information content (AvgIpc) is 3.37. The van der Waals surface area contributed by atoms with Gasteiger partial charge in [0.2, 0.25) is 5.76 Å². The van der Waals surface area contributed by atoms with Crippen molar-refractivity contribution in [2.45, 2.75) is 19.5 Å². The lowest BCUT2D eigenvalue weighted by Crippen LogP contribution is -2.29. The Bertz CT molecular complexity index is 1270. The van der Waals surface area contributed by atoms with Crippen molar-refractivity contribution in [2.24, 2.45) is 0 Å². The summed E-state index contributed by atoms with van der Waals surface area (Å²) < 4.78 is 17.0. The van der Waals surface area contributed by atoms with Gasteiger partial charge in [-0.3, -0.25) is 9.59 Å². The minimum absolute atomic E-state index is 0.0709. The minimum Gasteiger partial charge on any atom is -0.494 e. The number of rotatable bonds is 5.